The van der Waals surface area contributed by atoms with Gasteiger partial charge in [-0.25, -0.2) is 4.79 Å². The highest BCUT2D eigenvalue weighted by Crippen LogP contribution is 2.42. The van der Waals surface area contributed by atoms with Gasteiger partial charge in [0.15, 0.2) is 0 Å². The van der Waals surface area contributed by atoms with Crippen molar-refractivity contribution in [2.24, 2.45) is 22.1 Å². The molecule has 1 aromatic heterocycles. The van der Waals surface area contributed by atoms with Crippen LogP contribution in [0.5, 0.6) is 11.5 Å². The fraction of sp³-hybridized carbons (Fsp3) is 0.475. The molecule has 1 N–H and O–H groups in total. The lowest BCUT2D eigenvalue weighted by atomic mass is 9.70. The van der Waals surface area contributed by atoms with Crippen molar-refractivity contribution in [1.82, 2.24) is 15.2 Å². The van der Waals surface area contributed by atoms with Crippen molar-refractivity contribution in [2.45, 2.75) is 69.6 Å². The fourth-order valence-electron chi connectivity index (χ4n) is 7.67. The standard InChI is InChI=1S/C40H48ClN5O6S/c1-26-7-5-10-36(50-2)34-15-12-30(34)23-45-22-29-11-14-31(41)19-27(29)8-3-4-18-51-37-16-13-28(20-35(37)45)38(47)44-53(49)39(26)43-40(48)46-24-33(25-46)52-32-9-6-17-42-21-32/h5-6,9-11,13-14,16-17,19-21,26,30,33-34,36,39,53H,3-4,7-8,12,15,18,22-25H2,1-2H3,(H,43,48)/b10-5+/t26-,30-,34+,36-,39?/m0/s1. The third kappa shape index (κ3) is 8.82. The summed E-state index contributed by atoms with van der Waals surface area (Å²) in [5, 5.41) is 2.79. The van der Waals surface area contributed by atoms with E-state index in [9.17, 15) is 13.8 Å². The first-order valence-corrected chi connectivity index (χ1v) is 20.2. The van der Waals surface area contributed by atoms with E-state index in [1.54, 1.807) is 36.5 Å². The second kappa shape index (κ2) is 16.9. The predicted octanol–water partition coefficient (Wildman–Crippen LogP) is 6.70. The number of aromatic nitrogens is 1. The van der Waals surface area contributed by atoms with E-state index in [2.05, 4.69) is 37.8 Å². The number of rotatable bonds is 4. The minimum Gasteiger partial charge on any atom is -0.491 e. The summed E-state index contributed by atoms with van der Waals surface area (Å²) in [4.78, 5) is 35.3. The van der Waals surface area contributed by atoms with Crippen LogP contribution in [0.15, 0.2) is 77.4 Å². The maximum absolute atomic E-state index is 14.0. The van der Waals surface area contributed by atoms with Crippen LogP contribution in [0.1, 0.15) is 60.5 Å². The topological polar surface area (TPSA) is 123 Å². The van der Waals surface area contributed by atoms with E-state index in [1.165, 1.54) is 11.1 Å². The van der Waals surface area contributed by atoms with Crippen LogP contribution in [-0.4, -0.2) is 77.0 Å². The van der Waals surface area contributed by atoms with E-state index in [0.29, 0.717) is 66.6 Å². The largest absolute Gasteiger partial charge is 0.491 e. The zero-order valence-electron chi connectivity index (χ0n) is 30.2. The van der Waals surface area contributed by atoms with Gasteiger partial charge in [0.2, 0.25) is 0 Å². The normalized spacial score (nSPS) is 27.6. The Kier molecular flexibility index (Phi) is 11.9. The lowest BCUT2D eigenvalue weighted by Gasteiger charge is -2.43. The molecule has 0 spiro atoms. The molecule has 4 heterocycles. The van der Waals surface area contributed by atoms with Crippen LogP contribution in [0, 0.1) is 17.8 Å². The van der Waals surface area contributed by atoms with Gasteiger partial charge >= 0.3 is 6.03 Å². The summed E-state index contributed by atoms with van der Waals surface area (Å²) < 4.78 is 36.6. The van der Waals surface area contributed by atoms with Crippen molar-refractivity contribution in [1.29, 1.82) is 0 Å². The van der Waals surface area contributed by atoms with Gasteiger partial charge in [0.05, 0.1) is 48.3 Å². The summed E-state index contributed by atoms with van der Waals surface area (Å²) >= 11 is 6.47. The molecule has 6 atom stereocenters. The number of anilines is 1. The Balaban J connectivity index is 1.19. The zero-order valence-corrected chi connectivity index (χ0v) is 31.9. The van der Waals surface area contributed by atoms with Gasteiger partial charge in [-0.05, 0) is 110 Å². The van der Waals surface area contributed by atoms with Crippen molar-refractivity contribution in [3.8, 4) is 11.5 Å². The number of aryl methyl sites for hydroxylation is 1. The monoisotopic (exact) mass is 761 g/mol. The van der Waals surface area contributed by atoms with Crippen LogP contribution in [-0.2, 0) is 28.3 Å². The molecule has 4 aliphatic rings. The molecule has 1 saturated carbocycles. The SMILES string of the molecule is CO[C@H]1/C=C/C[C@H](C)C(NC(=O)N2CC(Oc3cccnc3)C2)/[SH](=O)=N\C(=O)c2ccc3c(c2)N(Cc2ccc(Cl)cc2CCCCO3)C[C@@H]2CC[C@H]21. The number of halogens is 1. The van der Waals surface area contributed by atoms with E-state index >= 15 is 0 Å². The summed E-state index contributed by atoms with van der Waals surface area (Å²) in [5.74, 6) is 1.09. The van der Waals surface area contributed by atoms with Crippen molar-refractivity contribution in [2.75, 3.05) is 38.3 Å². The van der Waals surface area contributed by atoms with Gasteiger partial charge in [0, 0.05) is 37.0 Å². The molecule has 0 radical (unpaired) electrons. The molecule has 2 bridgehead atoms. The molecule has 13 heteroatoms. The van der Waals surface area contributed by atoms with Gasteiger partial charge in [-0.1, -0.05) is 36.7 Å². The molecule has 7 rings (SSSR count). The number of benzene rings is 2. The molecule has 1 saturated heterocycles. The number of fused-ring (bicyclic) bond motifs is 3. The van der Waals surface area contributed by atoms with E-state index in [4.69, 9.17) is 25.8 Å². The smallest absolute Gasteiger partial charge is 0.318 e. The third-order valence-corrected chi connectivity index (χ3v) is 12.7. The van der Waals surface area contributed by atoms with Crippen molar-refractivity contribution < 1.29 is 28.0 Å². The number of methoxy groups -OCH3 is 1. The number of hydrogen-bond donors (Lipinski definition) is 2. The quantitative estimate of drug-likeness (QED) is 0.223. The van der Waals surface area contributed by atoms with Gasteiger partial charge in [-0.2, -0.15) is 4.36 Å². The first-order chi connectivity index (χ1) is 25.7. The van der Waals surface area contributed by atoms with E-state index in [0.717, 1.165) is 44.3 Å². The van der Waals surface area contributed by atoms with Crippen molar-refractivity contribution in [3.05, 3.63) is 94.8 Å². The first kappa shape index (κ1) is 37.2. The van der Waals surface area contributed by atoms with Crippen LogP contribution in [0.4, 0.5) is 10.5 Å². The summed E-state index contributed by atoms with van der Waals surface area (Å²) in [6.45, 7) is 4.56. The molecule has 282 valence electrons. The minimum atomic E-state index is -2.54. The number of allylic oxidation sites excluding steroid dienone is 1. The molecular weight excluding hydrogens is 714 g/mol. The Morgan fingerprint density at radius 3 is 2.72 bits per heavy atom. The van der Waals surface area contributed by atoms with E-state index < -0.39 is 21.9 Å². The third-order valence-electron chi connectivity index (χ3n) is 10.9. The molecule has 53 heavy (non-hydrogen) atoms. The molecule has 3 aliphatic heterocycles. The summed E-state index contributed by atoms with van der Waals surface area (Å²) in [7, 11) is -0.794. The molecule has 1 aliphatic carbocycles. The highest BCUT2D eigenvalue weighted by molar-refractivity contribution is 7.76. The average Bonchev–Trinajstić information content (AvgIpc) is 3.15. The Bertz CT molecular complexity index is 1900. The number of urea groups is 1. The van der Waals surface area contributed by atoms with Gasteiger partial charge in [0.1, 0.15) is 23.0 Å². The number of nitrogens with one attached hydrogen (secondary N) is 1. The number of hydrogen-bond acceptors (Lipinski definition) is 8. The number of carbonyl (C=O) groups excluding carboxylic acids is 2. The summed E-state index contributed by atoms with van der Waals surface area (Å²) in [6, 6.07) is 14.7. The minimum absolute atomic E-state index is 0.100. The highest BCUT2D eigenvalue weighted by Gasteiger charge is 2.38. The van der Waals surface area contributed by atoms with Crippen molar-refractivity contribution in [3.63, 3.8) is 0 Å². The van der Waals surface area contributed by atoms with Crippen molar-refractivity contribution >= 4 is 39.8 Å². The summed E-state index contributed by atoms with van der Waals surface area (Å²) in [5.41, 5.74) is 3.51. The van der Waals surface area contributed by atoms with E-state index in [-0.39, 0.29) is 24.2 Å². The number of carbonyl (C=O) groups is 2. The Labute approximate surface area is 318 Å². The maximum Gasteiger partial charge on any atom is 0.318 e. The average molecular weight is 762 g/mol. The number of likely N-dealkylation sites (tertiary alicyclic amines) is 1. The number of nitrogens with zero attached hydrogens (tertiary/aromatic N) is 4. The lowest BCUT2D eigenvalue weighted by molar-refractivity contribution is 0.0133. The second-order valence-electron chi connectivity index (χ2n) is 14.6. The fourth-order valence-corrected chi connectivity index (χ4v) is 9.07. The molecule has 3 amide bonds. The van der Waals surface area contributed by atoms with Gasteiger partial charge in [0.25, 0.3) is 5.91 Å². The molecule has 2 unspecified atom stereocenters. The van der Waals surface area contributed by atoms with Crippen LogP contribution < -0.4 is 19.7 Å². The molecule has 11 nitrogen and oxygen atoms in total. The Morgan fingerprint density at radius 2 is 1.94 bits per heavy atom. The number of ether oxygens (including phenoxy) is 3. The first-order valence-electron chi connectivity index (χ1n) is 18.6. The molecule has 3 aromatic rings. The lowest BCUT2D eigenvalue weighted by Crippen LogP contribution is -2.60. The molecule has 2 aromatic carbocycles. The molecule has 2 fully saturated rings. The Morgan fingerprint density at radius 1 is 1.08 bits per heavy atom. The Hall–Kier alpha value is -4.13. The van der Waals surface area contributed by atoms with Crippen LogP contribution in [0.2, 0.25) is 5.02 Å². The number of amides is 3. The highest BCUT2D eigenvalue weighted by atomic mass is 35.5. The second-order valence-corrected chi connectivity index (χ2v) is 16.4. The summed E-state index contributed by atoms with van der Waals surface area (Å²) in [6.07, 6.45) is 12.5. The molecular formula is C40H48ClN5O6S. The predicted molar refractivity (Wildman–Crippen MR) is 206 cm³/mol. The van der Waals surface area contributed by atoms with Crippen LogP contribution in [0.3, 0.4) is 0 Å². The number of pyridine rings is 1. The van der Waals surface area contributed by atoms with Crippen LogP contribution >= 0.6 is 11.6 Å². The van der Waals surface area contributed by atoms with Gasteiger partial charge in [-0.3, -0.25) is 14.0 Å². The number of thiol groups is 1. The van der Waals surface area contributed by atoms with Crippen LogP contribution in [0.25, 0.3) is 0 Å². The van der Waals surface area contributed by atoms with Gasteiger partial charge < -0.3 is 29.3 Å². The maximum atomic E-state index is 14.0. The van der Waals surface area contributed by atoms with Gasteiger partial charge in [-0.15, -0.1) is 0 Å². The zero-order chi connectivity index (χ0) is 36.9. The van der Waals surface area contributed by atoms with E-state index in [1.807, 2.05) is 37.3 Å².